The molecule has 0 spiro atoms. The minimum absolute atomic E-state index is 0.0534. The summed E-state index contributed by atoms with van der Waals surface area (Å²) in [5.74, 6) is -0.211. The molecule has 0 saturated heterocycles. The summed E-state index contributed by atoms with van der Waals surface area (Å²) in [5.41, 5.74) is 1.98. The van der Waals surface area contributed by atoms with Crippen molar-refractivity contribution in [3.63, 3.8) is 0 Å². The van der Waals surface area contributed by atoms with Crippen LogP contribution in [0, 0.1) is 0 Å². The molecule has 0 radical (unpaired) electrons. The van der Waals surface area contributed by atoms with Gasteiger partial charge in [0.1, 0.15) is 5.02 Å². The van der Waals surface area contributed by atoms with Crippen LogP contribution in [-0.2, 0) is 17.8 Å². The number of carbonyl (C=O) groups excluding carboxylic acids is 1. The molecule has 11 heteroatoms. The van der Waals surface area contributed by atoms with E-state index in [0.717, 1.165) is 5.39 Å². The smallest absolute Gasteiger partial charge is 0.392 e. The summed E-state index contributed by atoms with van der Waals surface area (Å²) in [6.45, 7) is -0.231. The van der Waals surface area contributed by atoms with Gasteiger partial charge in [0.15, 0.2) is 0 Å². The van der Waals surface area contributed by atoms with Crippen molar-refractivity contribution < 1.29 is 22.7 Å². The van der Waals surface area contributed by atoms with Crippen LogP contribution in [0.25, 0.3) is 10.9 Å². The van der Waals surface area contributed by atoms with Gasteiger partial charge >= 0.3 is 6.18 Å². The van der Waals surface area contributed by atoms with Crippen LogP contribution in [0.1, 0.15) is 17.7 Å². The number of carbonyl (C=O) groups is 1. The van der Waals surface area contributed by atoms with E-state index in [1.807, 2.05) is 0 Å². The Morgan fingerprint density at radius 2 is 2.14 bits per heavy atom. The molecule has 0 fully saturated rings. The van der Waals surface area contributed by atoms with Gasteiger partial charge in [-0.2, -0.15) is 18.3 Å². The number of nitrogens with zero attached hydrogens (tertiary/aromatic N) is 4. The third-order valence-corrected chi connectivity index (χ3v) is 4.27. The average molecular weight is 428 g/mol. The molecule has 0 atom stereocenters. The third-order valence-electron chi connectivity index (χ3n) is 4.00. The molecule has 154 valence electrons. The standard InChI is InChI=1S/C18H17ClF3N5O2/c1-23-16(28)7-15-12-10-27(26-14(12)2-4-24-15)9-11-6-13(19)17(25-8-11)29-5-3-18(20,21)22/h2,4,6,8,10H,3,5,7,9H2,1H3,(H,23,28). The number of likely N-dealkylation sites (N-methyl/N-ethyl adjacent to an activating group) is 1. The van der Waals surface area contributed by atoms with Crippen molar-refractivity contribution >= 4 is 28.4 Å². The Labute approximate surface area is 168 Å². The van der Waals surface area contributed by atoms with Crippen LogP contribution < -0.4 is 10.1 Å². The van der Waals surface area contributed by atoms with Gasteiger partial charge in [-0.15, -0.1) is 0 Å². The van der Waals surface area contributed by atoms with E-state index in [2.05, 4.69) is 20.4 Å². The van der Waals surface area contributed by atoms with Crippen LogP contribution in [0.15, 0.2) is 30.7 Å². The number of amides is 1. The van der Waals surface area contributed by atoms with Crippen LogP contribution >= 0.6 is 11.6 Å². The molecular formula is C18H17ClF3N5O2. The van der Waals surface area contributed by atoms with Gasteiger partial charge in [0.2, 0.25) is 11.8 Å². The lowest BCUT2D eigenvalue weighted by molar-refractivity contribution is -0.139. The number of hydrogen-bond donors (Lipinski definition) is 1. The van der Waals surface area contributed by atoms with E-state index in [9.17, 15) is 18.0 Å². The first-order valence-electron chi connectivity index (χ1n) is 8.61. The summed E-state index contributed by atoms with van der Waals surface area (Å²) in [5, 5.41) is 7.87. The lowest BCUT2D eigenvalue weighted by Crippen LogP contribution is -2.20. The zero-order valence-electron chi connectivity index (χ0n) is 15.3. The summed E-state index contributed by atoms with van der Waals surface area (Å²) in [4.78, 5) is 19.9. The highest BCUT2D eigenvalue weighted by Gasteiger charge is 2.27. The Morgan fingerprint density at radius 3 is 2.83 bits per heavy atom. The largest absolute Gasteiger partial charge is 0.476 e. The fraction of sp³-hybridized carbons (Fsp3) is 0.333. The molecule has 29 heavy (non-hydrogen) atoms. The van der Waals surface area contributed by atoms with E-state index < -0.39 is 19.2 Å². The summed E-state index contributed by atoms with van der Waals surface area (Å²) in [6.07, 6.45) is -0.438. The molecule has 0 aromatic carbocycles. The van der Waals surface area contributed by atoms with Crippen molar-refractivity contribution in [2.45, 2.75) is 25.6 Å². The van der Waals surface area contributed by atoms with Gasteiger partial charge in [0.25, 0.3) is 0 Å². The van der Waals surface area contributed by atoms with Gasteiger partial charge in [-0.1, -0.05) is 11.6 Å². The second-order valence-electron chi connectivity index (χ2n) is 6.21. The van der Waals surface area contributed by atoms with Crippen molar-refractivity contribution in [1.29, 1.82) is 0 Å². The van der Waals surface area contributed by atoms with Gasteiger partial charge in [-0.25, -0.2) is 4.98 Å². The first-order valence-corrected chi connectivity index (χ1v) is 8.98. The molecule has 0 aliphatic heterocycles. The van der Waals surface area contributed by atoms with Gasteiger partial charge in [0.05, 0.1) is 37.2 Å². The summed E-state index contributed by atoms with van der Waals surface area (Å²) in [7, 11) is 1.55. The molecule has 3 heterocycles. The van der Waals surface area contributed by atoms with Crippen LogP contribution in [0.3, 0.4) is 0 Å². The van der Waals surface area contributed by atoms with E-state index in [-0.39, 0.29) is 23.2 Å². The summed E-state index contributed by atoms with van der Waals surface area (Å²) in [6, 6.07) is 3.30. The van der Waals surface area contributed by atoms with Gasteiger partial charge in [-0.05, 0) is 17.7 Å². The molecule has 3 aromatic heterocycles. The van der Waals surface area contributed by atoms with Crippen LogP contribution in [-0.4, -0.2) is 45.5 Å². The van der Waals surface area contributed by atoms with Crippen molar-refractivity contribution in [3.05, 3.63) is 47.0 Å². The molecule has 1 N–H and O–H groups in total. The van der Waals surface area contributed by atoms with Crippen molar-refractivity contribution in [3.8, 4) is 5.88 Å². The lowest BCUT2D eigenvalue weighted by atomic mass is 10.2. The third kappa shape index (κ3) is 5.57. The minimum atomic E-state index is -4.31. The van der Waals surface area contributed by atoms with E-state index in [0.29, 0.717) is 23.3 Å². The summed E-state index contributed by atoms with van der Waals surface area (Å²) < 4.78 is 43.3. The maximum atomic E-state index is 12.2. The molecule has 0 bridgehead atoms. The number of hydrogen-bond acceptors (Lipinski definition) is 5. The highest BCUT2D eigenvalue weighted by atomic mass is 35.5. The fourth-order valence-electron chi connectivity index (χ4n) is 2.62. The number of ether oxygens (including phenoxy) is 1. The molecule has 1 amide bonds. The topological polar surface area (TPSA) is 81.9 Å². The second-order valence-corrected chi connectivity index (χ2v) is 6.62. The number of aromatic nitrogens is 4. The number of halogens is 4. The maximum Gasteiger partial charge on any atom is 0.392 e. The first-order chi connectivity index (χ1) is 13.7. The number of rotatable bonds is 7. The zero-order chi connectivity index (χ0) is 21.0. The highest BCUT2D eigenvalue weighted by Crippen LogP contribution is 2.25. The molecule has 3 aromatic rings. The number of alkyl halides is 3. The van der Waals surface area contributed by atoms with Crippen LogP contribution in [0.5, 0.6) is 5.88 Å². The van der Waals surface area contributed by atoms with Gasteiger partial charge in [-0.3, -0.25) is 14.5 Å². The Balaban J connectivity index is 1.73. The number of nitrogens with one attached hydrogen (secondary N) is 1. The molecule has 3 rings (SSSR count). The molecule has 0 aliphatic rings. The quantitative estimate of drug-likeness (QED) is 0.626. The van der Waals surface area contributed by atoms with Crippen molar-refractivity contribution in [2.24, 2.45) is 0 Å². The van der Waals surface area contributed by atoms with E-state index in [1.54, 1.807) is 36.3 Å². The normalized spacial score (nSPS) is 11.6. The van der Waals surface area contributed by atoms with E-state index in [1.165, 1.54) is 6.20 Å². The zero-order valence-corrected chi connectivity index (χ0v) is 16.1. The Bertz CT molecular complexity index is 1020. The Hall–Kier alpha value is -2.88. The number of pyridine rings is 2. The molecule has 0 unspecified atom stereocenters. The van der Waals surface area contributed by atoms with Gasteiger partial charge in [0, 0.05) is 31.0 Å². The van der Waals surface area contributed by atoms with E-state index in [4.69, 9.17) is 16.3 Å². The minimum Gasteiger partial charge on any atom is -0.476 e. The predicted molar refractivity (Wildman–Crippen MR) is 99.8 cm³/mol. The lowest BCUT2D eigenvalue weighted by Gasteiger charge is -2.10. The van der Waals surface area contributed by atoms with Gasteiger partial charge < -0.3 is 10.1 Å². The molecular weight excluding hydrogens is 411 g/mol. The van der Waals surface area contributed by atoms with Crippen LogP contribution in [0.4, 0.5) is 13.2 Å². The summed E-state index contributed by atoms with van der Waals surface area (Å²) >= 11 is 6.07. The SMILES string of the molecule is CNC(=O)Cc1nccc2nn(Cc3cnc(OCCC(F)(F)F)c(Cl)c3)cc12. The Morgan fingerprint density at radius 1 is 1.34 bits per heavy atom. The van der Waals surface area contributed by atoms with Crippen molar-refractivity contribution in [1.82, 2.24) is 25.1 Å². The molecule has 7 nitrogen and oxygen atoms in total. The van der Waals surface area contributed by atoms with Crippen LogP contribution in [0.2, 0.25) is 5.02 Å². The average Bonchev–Trinajstić information content (AvgIpc) is 3.06. The van der Waals surface area contributed by atoms with E-state index >= 15 is 0 Å². The first kappa shape index (κ1) is 20.8. The monoisotopic (exact) mass is 427 g/mol. The fourth-order valence-corrected chi connectivity index (χ4v) is 2.86. The number of fused-ring (bicyclic) bond motifs is 1. The second kappa shape index (κ2) is 8.64. The van der Waals surface area contributed by atoms with Crippen molar-refractivity contribution in [2.75, 3.05) is 13.7 Å². The predicted octanol–water partition coefficient (Wildman–Crippen LogP) is 3.15. The molecule has 0 aliphatic carbocycles. The highest BCUT2D eigenvalue weighted by molar-refractivity contribution is 6.31. The maximum absolute atomic E-state index is 12.2. The molecule has 0 saturated carbocycles. The Kier molecular flexibility index (Phi) is 6.21.